The molecule has 2 aromatic carbocycles. The molecular formula is C30H37F4N3O4. The summed E-state index contributed by atoms with van der Waals surface area (Å²) in [7, 11) is 1.53. The number of aliphatic hydroxyl groups is 2. The van der Waals surface area contributed by atoms with Gasteiger partial charge in [0.1, 0.15) is 5.82 Å². The topological polar surface area (TPSA) is 84.3 Å². The largest absolute Gasteiger partial charge is 0.416 e. The van der Waals surface area contributed by atoms with E-state index in [2.05, 4.69) is 0 Å². The molecule has 2 aromatic rings. The van der Waals surface area contributed by atoms with E-state index in [4.69, 9.17) is 0 Å². The zero-order chi connectivity index (χ0) is 30.3. The van der Waals surface area contributed by atoms with Crippen molar-refractivity contribution in [1.82, 2.24) is 14.7 Å². The Bertz CT molecular complexity index is 1290. The Morgan fingerprint density at radius 2 is 1.76 bits per heavy atom. The molecule has 2 saturated heterocycles. The van der Waals surface area contributed by atoms with E-state index in [9.17, 15) is 37.4 Å². The fraction of sp³-hybridized carbons (Fsp3) is 0.533. The Morgan fingerprint density at radius 1 is 1.10 bits per heavy atom. The molecule has 11 heteroatoms. The number of carbonyl (C=O) groups is 2. The van der Waals surface area contributed by atoms with Gasteiger partial charge in [-0.2, -0.15) is 13.2 Å². The number of benzene rings is 2. The molecule has 0 spiro atoms. The highest BCUT2D eigenvalue weighted by molar-refractivity contribution is 5.86. The van der Waals surface area contributed by atoms with Crippen molar-refractivity contribution in [3.05, 3.63) is 70.0 Å². The van der Waals surface area contributed by atoms with Gasteiger partial charge in [0, 0.05) is 33.4 Å². The standard InChI is InChI=1S/C30H37F4N3O4/c1-18-13-21(16-22(14-18)30(32,33)34)20(3)35(4)28(41)37-10-9-36-25(17-29(7-11-38,8-12-39)27(36)40)26(37)24-6-5-23(31)15-19(24)2/h5-6,13-16,20,25-26,38-39H,7-12,17H2,1-4H3. The van der Waals surface area contributed by atoms with Crippen molar-refractivity contribution in [3.8, 4) is 0 Å². The maximum Gasteiger partial charge on any atom is 0.416 e. The van der Waals surface area contributed by atoms with Crippen LogP contribution in [-0.2, 0) is 11.0 Å². The molecule has 2 aliphatic rings. The molecule has 0 aliphatic carbocycles. The SMILES string of the molecule is Cc1cc(C(C)N(C)C(=O)N2CCN3C(=O)C(CCO)(CCO)CC3C2c2ccc(F)cc2C)cc(C(F)(F)F)c1. The summed E-state index contributed by atoms with van der Waals surface area (Å²) in [6, 6.07) is 5.69. The van der Waals surface area contributed by atoms with E-state index >= 15 is 0 Å². The predicted molar refractivity (Wildman–Crippen MR) is 144 cm³/mol. The smallest absolute Gasteiger partial charge is 0.396 e. The average molecular weight is 580 g/mol. The molecule has 4 rings (SSSR count). The predicted octanol–water partition coefficient (Wildman–Crippen LogP) is 4.98. The van der Waals surface area contributed by atoms with Crippen molar-refractivity contribution < 1.29 is 37.4 Å². The van der Waals surface area contributed by atoms with Crippen molar-refractivity contribution >= 4 is 11.9 Å². The Balaban J connectivity index is 1.73. The normalized spacial score (nSPS) is 21.2. The maximum absolute atomic E-state index is 14.1. The summed E-state index contributed by atoms with van der Waals surface area (Å²) in [5, 5.41) is 19.5. The molecule has 3 unspecified atom stereocenters. The number of hydrogen-bond acceptors (Lipinski definition) is 4. The quantitative estimate of drug-likeness (QED) is 0.453. The molecule has 41 heavy (non-hydrogen) atoms. The Labute approximate surface area is 237 Å². The number of rotatable bonds is 7. The highest BCUT2D eigenvalue weighted by Crippen LogP contribution is 2.49. The molecule has 224 valence electrons. The summed E-state index contributed by atoms with van der Waals surface area (Å²) in [6.07, 6.45) is -3.93. The van der Waals surface area contributed by atoms with Gasteiger partial charge in [0.05, 0.1) is 29.1 Å². The van der Waals surface area contributed by atoms with Crippen LogP contribution in [0.15, 0.2) is 36.4 Å². The number of fused-ring (bicyclic) bond motifs is 1. The van der Waals surface area contributed by atoms with Crippen LogP contribution in [0.5, 0.6) is 0 Å². The number of aliphatic hydroxyl groups excluding tert-OH is 2. The first kappa shape index (κ1) is 30.8. The molecule has 0 bridgehead atoms. The van der Waals surface area contributed by atoms with Gasteiger partial charge in [-0.15, -0.1) is 0 Å². The number of carbonyl (C=O) groups excluding carboxylic acids is 2. The van der Waals surface area contributed by atoms with E-state index in [-0.39, 0.29) is 51.5 Å². The van der Waals surface area contributed by atoms with Crippen molar-refractivity contribution in [2.45, 2.75) is 64.3 Å². The molecule has 3 amide bonds. The third kappa shape index (κ3) is 5.79. The van der Waals surface area contributed by atoms with Crippen LogP contribution in [0.25, 0.3) is 0 Å². The Kier molecular flexibility index (Phi) is 8.71. The molecule has 0 aromatic heterocycles. The van der Waals surface area contributed by atoms with Crippen LogP contribution in [0, 0.1) is 25.1 Å². The number of piperazine rings is 1. The lowest BCUT2D eigenvalue weighted by Gasteiger charge is -2.47. The first-order valence-corrected chi connectivity index (χ1v) is 13.7. The van der Waals surface area contributed by atoms with E-state index < -0.39 is 47.1 Å². The summed E-state index contributed by atoms with van der Waals surface area (Å²) in [6.45, 7) is 4.84. The zero-order valence-corrected chi connectivity index (χ0v) is 23.7. The summed E-state index contributed by atoms with van der Waals surface area (Å²) in [5.41, 5.74) is 0.220. The summed E-state index contributed by atoms with van der Waals surface area (Å²) in [5.74, 6) is -0.636. The lowest BCUT2D eigenvalue weighted by Crippen LogP contribution is -2.57. The van der Waals surface area contributed by atoms with Crippen LogP contribution >= 0.6 is 0 Å². The fourth-order valence-electron chi connectivity index (χ4n) is 6.51. The van der Waals surface area contributed by atoms with E-state index in [1.54, 1.807) is 42.7 Å². The molecule has 2 N–H and O–H groups in total. The lowest BCUT2D eigenvalue weighted by atomic mass is 9.77. The van der Waals surface area contributed by atoms with Gasteiger partial charge in [0.15, 0.2) is 0 Å². The van der Waals surface area contributed by atoms with Crippen LogP contribution in [-0.4, -0.2) is 76.2 Å². The Morgan fingerprint density at radius 3 is 2.34 bits per heavy atom. The van der Waals surface area contributed by atoms with Gasteiger partial charge in [0.2, 0.25) is 5.91 Å². The molecule has 2 aliphatic heterocycles. The summed E-state index contributed by atoms with van der Waals surface area (Å²) >= 11 is 0. The Hall–Kier alpha value is -3.18. The van der Waals surface area contributed by atoms with E-state index in [0.29, 0.717) is 22.3 Å². The van der Waals surface area contributed by atoms with Crippen molar-refractivity contribution in [2.24, 2.45) is 5.41 Å². The number of amides is 3. The molecule has 0 radical (unpaired) electrons. The summed E-state index contributed by atoms with van der Waals surface area (Å²) in [4.78, 5) is 32.4. The van der Waals surface area contributed by atoms with Gasteiger partial charge in [0.25, 0.3) is 0 Å². The highest BCUT2D eigenvalue weighted by atomic mass is 19.4. The zero-order valence-electron chi connectivity index (χ0n) is 23.7. The molecule has 7 nitrogen and oxygen atoms in total. The second-order valence-electron chi connectivity index (χ2n) is 11.3. The van der Waals surface area contributed by atoms with Crippen LogP contribution in [0.4, 0.5) is 22.4 Å². The van der Waals surface area contributed by atoms with Crippen LogP contribution in [0.1, 0.15) is 66.1 Å². The third-order valence-corrected chi connectivity index (χ3v) is 8.77. The number of halogens is 4. The van der Waals surface area contributed by atoms with Crippen LogP contribution in [0.2, 0.25) is 0 Å². The van der Waals surface area contributed by atoms with Crippen molar-refractivity contribution in [1.29, 1.82) is 0 Å². The average Bonchev–Trinajstić information content (AvgIpc) is 3.18. The minimum Gasteiger partial charge on any atom is -0.396 e. The maximum atomic E-state index is 14.1. The van der Waals surface area contributed by atoms with Gasteiger partial charge in [-0.1, -0.05) is 17.7 Å². The second kappa shape index (κ2) is 11.6. The number of hydrogen-bond donors (Lipinski definition) is 2. The van der Waals surface area contributed by atoms with Crippen molar-refractivity contribution in [3.63, 3.8) is 0 Å². The number of nitrogens with zero attached hydrogens (tertiary/aromatic N) is 3. The van der Waals surface area contributed by atoms with Gasteiger partial charge >= 0.3 is 12.2 Å². The summed E-state index contributed by atoms with van der Waals surface area (Å²) < 4.78 is 54.7. The lowest BCUT2D eigenvalue weighted by molar-refractivity contribution is -0.140. The monoisotopic (exact) mass is 579 g/mol. The molecule has 0 saturated carbocycles. The number of aryl methyl sites for hydroxylation is 2. The third-order valence-electron chi connectivity index (χ3n) is 8.77. The number of urea groups is 1. The minimum atomic E-state index is -4.53. The minimum absolute atomic E-state index is 0.148. The first-order valence-electron chi connectivity index (χ1n) is 13.7. The van der Waals surface area contributed by atoms with Gasteiger partial charge in [-0.3, -0.25) is 4.79 Å². The molecular weight excluding hydrogens is 542 g/mol. The van der Waals surface area contributed by atoms with E-state index in [1.165, 1.54) is 24.1 Å². The molecule has 2 heterocycles. The number of alkyl halides is 3. The van der Waals surface area contributed by atoms with E-state index in [0.717, 1.165) is 12.1 Å². The van der Waals surface area contributed by atoms with E-state index in [1.807, 2.05) is 0 Å². The van der Waals surface area contributed by atoms with Gasteiger partial charge in [-0.25, -0.2) is 9.18 Å². The van der Waals surface area contributed by atoms with Crippen molar-refractivity contribution in [2.75, 3.05) is 33.4 Å². The second-order valence-corrected chi connectivity index (χ2v) is 11.3. The molecule has 3 atom stereocenters. The first-order chi connectivity index (χ1) is 19.2. The highest BCUT2D eigenvalue weighted by Gasteiger charge is 2.56. The van der Waals surface area contributed by atoms with Gasteiger partial charge < -0.3 is 24.9 Å². The van der Waals surface area contributed by atoms with Gasteiger partial charge in [-0.05, 0) is 81.0 Å². The van der Waals surface area contributed by atoms with Crippen LogP contribution in [0.3, 0.4) is 0 Å². The molecule has 2 fully saturated rings. The fourth-order valence-corrected chi connectivity index (χ4v) is 6.51. The van der Waals surface area contributed by atoms with Crippen LogP contribution < -0.4 is 0 Å².